The molecular weight excluding hydrogens is 268 g/mol. The number of carboxylic acids is 1. The number of urea groups is 1. The summed E-state index contributed by atoms with van der Waals surface area (Å²) in [5, 5.41) is 11.9. The van der Waals surface area contributed by atoms with Crippen LogP contribution in [0.2, 0.25) is 0 Å². The maximum Gasteiger partial charge on any atom is 0.335 e. The standard InChI is InChI=1S/C16H18N2O3/c1-2-3-4-9-17-16(21)18-10-5-6-12-11-13(15(19)20)7-8-14(12)18/h7-8,11H,4-6,9-10H2,1H3,(H,17,21)(H,19,20). The van der Waals surface area contributed by atoms with Gasteiger partial charge in [-0.25, -0.2) is 9.59 Å². The van der Waals surface area contributed by atoms with E-state index in [-0.39, 0.29) is 11.6 Å². The van der Waals surface area contributed by atoms with E-state index in [4.69, 9.17) is 5.11 Å². The molecule has 0 radical (unpaired) electrons. The van der Waals surface area contributed by atoms with E-state index in [0.717, 1.165) is 24.1 Å². The molecule has 0 saturated carbocycles. The quantitative estimate of drug-likeness (QED) is 0.661. The Hall–Kier alpha value is -2.48. The third kappa shape index (κ3) is 3.54. The summed E-state index contributed by atoms with van der Waals surface area (Å²) < 4.78 is 0. The van der Waals surface area contributed by atoms with Gasteiger partial charge < -0.3 is 10.4 Å². The molecule has 21 heavy (non-hydrogen) atoms. The number of benzene rings is 1. The number of hydrogen-bond acceptors (Lipinski definition) is 2. The fourth-order valence-electron chi connectivity index (χ4n) is 2.39. The number of carbonyl (C=O) groups excluding carboxylic acids is 1. The Morgan fingerprint density at radius 1 is 1.43 bits per heavy atom. The monoisotopic (exact) mass is 286 g/mol. The number of anilines is 1. The minimum atomic E-state index is -0.947. The molecule has 0 aliphatic carbocycles. The predicted molar refractivity (Wildman–Crippen MR) is 80.5 cm³/mol. The van der Waals surface area contributed by atoms with Gasteiger partial charge in [0, 0.05) is 25.2 Å². The molecule has 2 N–H and O–H groups in total. The Bertz CT molecular complexity index is 614. The summed E-state index contributed by atoms with van der Waals surface area (Å²) in [4.78, 5) is 24.9. The normalized spacial score (nSPS) is 12.9. The van der Waals surface area contributed by atoms with Crippen molar-refractivity contribution >= 4 is 17.7 Å². The third-order valence-corrected chi connectivity index (χ3v) is 3.39. The molecule has 0 atom stereocenters. The largest absolute Gasteiger partial charge is 0.478 e. The lowest BCUT2D eigenvalue weighted by Gasteiger charge is -2.29. The highest BCUT2D eigenvalue weighted by atomic mass is 16.4. The van der Waals surface area contributed by atoms with Gasteiger partial charge in [-0.3, -0.25) is 4.90 Å². The molecule has 0 bridgehead atoms. The van der Waals surface area contributed by atoms with Crippen LogP contribution < -0.4 is 10.2 Å². The average Bonchev–Trinajstić information content (AvgIpc) is 2.50. The zero-order valence-electron chi connectivity index (χ0n) is 12.0. The van der Waals surface area contributed by atoms with Crippen LogP contribution in [0.1, 0.15) is 35.7 Å². The van der Waals surface area contributed by atoms with Crippen LogP contribution in [0, 0.1) is 11.8 Å². The summed E-state index contributed by atoms with van der Waals surface area (Å²) in [6.45, 7) is 2.92. The second kappa shape index (κ2) is 6.80. The highest BCUT2D eigenvalue weighted by Crippen LogP contribution is 2.28. The van der Waals surface area contributed by atoms with Crippen LogP contribution in [0.25, 0.3) is 0 Å². The van der Waals surface area contributed by atoms with Gasteiger partial charge in [0.25, 0.3) is 0 Å². The molecule has 2 amide bonds. The van der Waals surface area contributed by atoms with Crippen LogP contribution in [0.5, 0.6) is 0 Å². The van der Waals surface area contributed by atoms with Gasteiger partial charge in [-0.1, -0.05) is 0 Å². The average molecular weight is 286 g/mol. The lowest BCUT2D eigenvalue weighted by atomic mass is 9.99. The highest BCUT2D eigenvalue weighted by molar-refractivity contribution is 5.95. The van der Waals surface area contributed by atoms with Crippen molar-refractivity contribution in [1.82, 2.24) is 5.32 Å². The number of fused-ring (bicyclic) bond motifs is 1. The molecule has 1 heterocycles. The summed E-state index contributed by atoms with van der Waals surface area (Å²) in [6.07, 6.45) is 2.25. The number of carboxylic acid groups (broad SMARTS) is 1. The van der Waals surface area contributed by atoms with E-state index in [1.165, 1.54) is 6.07 Å². The van der Waals surface area contributed by atoms with Crippen molar-refractivity contribution < 1.29 is 14.7 Å². The fourth-order valence-corrected chi connectivity index (χ4v) is 2.39. The van der Waals surface area contributed by atoms with E-state index in [0.29, 0.717) is 19.5 Å². The number of aryl methyl sites for hydroxylation is 1. The van der Waals surface area contributed by atoms with Crippen LogP contribution in [0.3, 0.4) is 0 Å². The number of nitrogens with zero attached hydrogens (tertiary/aromatic N) is 1. The van der Waals surface area contributed by atoms with Crippen LogP contribution in [-0.2, 0) is 6.42 Å². The maximum absolute atomic E-state index is 12.2. The Balaban J connectivity index is 2.11. The van der Waals surface area contributed by atoms with E-state index >= 15 is 0 Å². The van der Waals surface area contributed by atoms with E-state index in [1.807, 2.05) is 0 Å². The Labute approximate surface area is 124 Å². The molecule has 2 rings (SSSR count). The summed E-state index contributed by atoms with van der Waals surface area (Å²) in [7, 11) is 0. The number of nitrogens with one attached hydrogen (secondary N) is 1. The molecular formula is C16H18N2O3. The molecule has 0 spiro atoms. The molecule has 0 saturated heterocycles. The number of hydrogen-bond donors (Lipinski definition) is 2. The van der Waals surface area contributed by atoms with Gasteiger partial charge >= 0.3 is 12.0 Å². The lowest BCUT2D eigenvalue weighted by molar-refractivity contribution is 0.0696. The van der Waals surface area contributed by atoms with Crippen LogP contribution in [0.4, 0.5) is 10.5 Å². The molecule has 1 aromatic carbocycles. The van der Waals surface area contributed by atoms with Crippen molar-refractivity contribution in [1.29, 1.82) is 0 Å². The van der Waals surface area contributed by atoms with Crippen LogP contribution in [0.15, 0.2) is 18.2 Å². The van der Waals surface area contributed by atoms with E-state index in [9.17, 15) is 9.59 Å². The zero-order valence-corrected chi connectivity index (χ0v) is 12.0. The number of amides is 2. The van der Waals surface area contributed by atoms with Gasteiger partial charge in [-0.05, 0) is 43.5 Å². The molecule has 1 aliphatic heterocycles. The maximum atomic E-state index is 12.2. The van der Waals surface area contributed by atoms with Crippen molar-refractivity contribution in [2.45, 2.75) is 26.2 Å². The van der Waals surface area contributed by atoms with Crippen molar-refractivity contribution in [2.75, 3.05) is 18.0 Å². The van der Waals surface area contributed by atoms with Gasteiger partial charge in [0.05, 0.1) is 5.56 Å². The van der Waals surface area contributed by atoms with E-state index in [2.05, 4.69) is 17.2 Å². The van der Waals surface area contributed by atoms with Crippen molar-refractivity contribution in [3.05, 3.63) is 29.3 Å². The van der Waals surface area contributed by atoms with Crippen molar-refractivity contribution in [2.24, 2.45) is 0 Å². The topological polar surface area (TPSA) is 69.6 Å². The predicted octanol–water partition coefficient (Wildman–Crippen LogP) is 2.26. The van der Waals surface area contributed by atoms with Crippen molar-refractivity contribution in [3.8, 4) is 11.8 Å². The van der Waals surface area contributed by atoms with Crippen LogP contribution >= 0.6 is 0 Å². The molecule has 0 aromatic heterocycles. The summed E-state index contributed by atoms with van der Waals surface area (Å²) in [5.74, 6) is 4.73. The van der Waals surface area contributed by atoms with Gasteiger partial charge in [0.2, 0.25) is 0 Å². The number of carbonyl (C=O) groups is 2. The first-order valence-corrected chi connectivity index (χ1v) is 6.94. The smallest absolute Gasteiger partial charge is 0.335 e. The second-order valence-electron chi connectivity index (χ2n) is 4.81. The summed E-state index contributed by atoms with van der Waals surface area (Å²) in [6, 6.07) is 4.75. The molecule has 0 unspecified atom stereocenters. The molecule has 5 heteroatoms. The van der Waals surface area contributed by atoms with Crippen molar-refractivity contribution in [3.63, 3.8) is 0 Å². The Morgan fingerprint density at radius 3 is 2.95 bits per heavy atom. The molecule has 0 fully saturated rings. The number of rotatable bonds is 3. The minimum absolute atomic E-state index is 0.156. The Kier molecular flexibility index (Phi) is 4.83. The Morgan fingerprint density at radius 2 is 2.24 bits per heavy atom. The van der Waals surface area contributed by atoms with Gasteiger partial charge in [0.15, 0.2) is 0 Å². The minimum Gasteiger partial charge on any atom is -0.478 e. The SMILES string of the molecule is CC#CCCNC(=O)N1CCCc2cc(C(=O)O)ccc21. The van der Waals surface area contributed by atoms with Gasteiger partial charge in [-0.2, -0.15) is 0 Å². The summed E-state index contributed by atoms with van der Waals surface area (Å²) in [5.41, 5.74) is 1.96. The molecule has 1 aromatic rings. The van der Waals surface area contributed by atoms with Crippen LogP contribution in [-0.4, -0.2) is 30.2 Å². The zero-order chi connectivity index (χ0) is 15.2. The first kappa shape index (κ1) is 14.9. The lowest BCUT2D eigenvalue weighted by Crippen LogP contribution is -2.43. The fraction of sp³-hybridized carbons (Fsp3) is 0.375. The first-order valence-electron chi connectivity index (χ1n) is 6.94. The highest BCUT2D eigenvalue weighted by Gasteiger charge is 2.23. The van der Waals surface area contributed by atoms with E-state index < -0.39 is 5.97 Å². The molecule has 5 nitrogen and oxygen atoms in total. The van der Waals surface area contributed by atoms with Gasteiger partial charge in [0.1, 0.15) is 0 Å². The second-order valence-corrected chi connectivity index (χ2v) is 4.81. The molecule has 1 aliphatic rings. The first-order chi connectivity index (χ1) is 10.1. The van der Waals surface area contributed by atoms with Gasteiger partial charge in [-0.15, -0.1) is 11.8 Å². The summed E-state index contributed by atoms with van der Waals surface area (Å²) >= 11 is 0. The molecule has 110 valence electrons. The van der Waals surface area contributed by atoms with E-state index in [1.54, 1.807) is 24.0 Å². The number of aromatic carboxylic acids is 1. The third-order valence-electron chi connectivity index (χ3n) is 3.39.